The van der Waals surface area contributed by atoms with Gasteiger partial charge in [-0.25, -0.2) is 4.79 Å². The van der Waals surface area contributed by atoms with Crippen LogP contribution in [0.25, 0.3) is 10.9 Å². The van der Waals surface area contributed by atoms with Crippen LogP contribution >= 0.6 is 0 Å². The molecule has 21 heavy (non-hydrogen) atoms. The van der Waals surface area contributed by atoms with Gasteiger partial charge in [-0.1, -0.05) is 0 Å². The first-order valence-corrected chi connectivity index (χ1v) is 6.64. The van der Waals surface area contributed by atoms with Crippen LogP contribution in [0, 0.1) is 0 Å². The number of carboxylic acids is 1. The number of benzene rings is 1. The summed E-state index contributed by atoms with van der Waals surface area (Å²) in [4.78, 5) is 15.9. The van der Waals surface area contributed by atoms with Crippen LogP contribution in [-0.2, 0) is 19.0 Å². The van der Waals surface area contributed by atoms with Gasteiger partial charge in [0.05, 0.1) is 16.6 Å². The van der Waals surface area contributed by atoms with E-state index in [1.807, 2.05) is 0 Å². The third-order valence-electron chi connectivity index (χ3n) is 3.80. The number of aromatic carboxylic acids is 1. The summed E-state index contributed by atoms with van der Waals surface area (Å²) < 4.78 is 38.5. The van der Waals surface area contributed by atoms with Gasteiger partial charge in [0, 0.05) is 11.1 Å². The molecule has 1 aliphatic rings. The number of nitrogens with zero attached hydrogens (tertiary/aromatic N) is 1. The maximum Gasteiger partial charge on any atom is 0.416 e. The summed E-state index contributed by atoms with van der Waals surface area (Å²) in [5.74, 6) is -1.19. The van der Waals surface area contributed by atoms with E-state index in [4.69, 9.17) is 0 Å². The van der Waals surface area contributed by atoms with Crippen molar-refractivity contribution in [2.45, 2.75) is 31.9 Å². The van der Waals surface area contributed by atoms with Gasteiger partial charge < -0.3 is 5.11 Å². The smallest absolute Gasteiger partial charge is 0.416 e. The average Bonchev–Trinajstić information content (AvgIpc) is 2.42. The second-order valence-electron chi connectivity index (χ2n) is 5.15. The number of hydrogen-bond acceptors (Lipinski definition) is 2. The SMILES string of the molecule is O=C(O)c1c2c(nc3ccc(C(F)(F)F)cc13)CCCC2. The molecule has 0 amide bonds. The topological polar surface area (TPSA) is 50.2 Å². The molecule has 0 saturated heterocycles. The van der Waals surface area contributed by atoms with Crippen LogP contribution in [0.4, 0.5) is 13.2 Å². The predicted octanol–water partition coefficient (Wildman–Crippen LogP) is 3.83. The van der Waals surface area contributed by atoms with Crippen molar-refractivity contribution in [3.05, 3.63) is 40.6 Å². The highest BCUT2D eigenvalue weighted by atomic mass is 19.4. The third-order valence-corrected chi connectivity index (χ3v) is 3.80. The highest BCUT2D eigenvalue weighted by Crippen LogP contribution is 2.34. The van der Waals surface area contributed by atoms with Gasteiger partial charge in [-0.05, 0) is 49.4 Å². The van der Waals surface area contributed by atoms with Crippen molar-refractivity contribution in [3.8, 4) is 0 Å². The lowest BCUT2D eigenvalue weighted by atomic mass is 9.89. The lowest BCUT2D eigenvalue weighted by molar-refractivity contribution is -0.137. The van der Waals surface area contributed by atoms with Crippen LogP contribution in [-0.4, -0.2) is 16.1 Å². The lowest BCUT2D eigenvalue weighted by Gasteiger charge is -2.19. The Bertz CT molecular complexity index is 738. The molecule has 0 radical (unpaired) electrons. The molecule has 1 heterocycles. The van der Waals surface area contributed by atoms with Crippen LogP contribution in [0.1, 0.15) is 40.0 Å². The maximum atomic E-state index is 12.8. The number of rotatable bonds is 1. The molecule has 0 bridgehead atoms. The standard InChI is InChI=1S/C15H12F3NO2/c16-15(17,18)8-5-6-12-10(7-8)13(14(20)21)9-3-1-2-4-11(9)19-12/h5-7H,1-4H2,(H,20,21). The molecule has 0 saturated carbocycles. The normalized spacial score (nSPS) is 15.0. The molecule has 0 aliphatic heterocycles. The van der Waals surface area contributed by atoms with Crippen LogP contribution in [0.15, 0.2) is 18.2 Å². The highest BCUT2D eigenvalue weighted by molar-refractivity contribution is 6.04. The number of halogens is 3. The summed E-state index contributed by atoms with van der Waals surface area (Å²) in [6.45, 7) is 0. The van der Waals surface area contributed by atoms with Crippen molar-refractivity contribution in [1.82, 2.24) is 4.98 Å². The van der Waals surface area contributed by atoms with E-state index in [0.29, 0.717) is 29.6 Å². The Hall–Kier alpha value is -2.11. The maximum absolute atomic E-state index is 12.8. The van der Waals surface area contributed by atoms with Crippen molar-refractivity contribution >= 4 is 16.9 Å². The fourth-order valence-corrected chi connectivity index (χ4v) is 2.84. The van der Waals surface area contributed by atoms with E-state index >= 15 is 0 Å². The number of carbonyl (C=O) groups is 1. The zero-order chi connectivity index (χ0) is 15.2. The molecule has 6 heteroatoms. The van der Waals surface area contributed by atoms with Crippen molar-refractivity contribution in [1.29, 1.82) is 0 Å². The van der Waals surface area contributed by atoms with E-state index < -0.39 is 17.7 Å². The van der Waals surface area contributed by atoms with E-state index in [0.717, 1.165) is 25.0 Å². The summed E-state index contributed by atoms with van der Waals surface area (Å²) in [7, 11) is 0. The first-order valence-electron chi connectivity index (χ1n) is 6.64. The molecule has 3 nitrogen and oxygen atoms in total. The van der Waals surface area contributed by atoms with Gasteiger partial charge in [-0.15, -0.1) is 0 Å². The first kappa shape index (κ1) is 13.9. The molecule has 1 N–H and O–H groups in total. The molecule has 2 aromatic rings. The fourth-order valence-electron chi connectivity index (χ4n) is 2.84. The van der Waals surface area contributed by atoms with Crippen LogP contribution < -0.4 is 0 Å². The number of hydrogen-bond donors (Lipinski definition) is 1. The van der Waals surface area contributed by atoms with Gasteiger partial charge in [0.15, 0.2) is 0 Å². The molecule has 1 aromatic carbocycles. The number of alkyl halides is 3. The van der Waals surface area contributed by atoms with Gasteiger partial charge in [0.25, 0.3) is 0 Å². The van der Waals surface area contributed by atoms with E-state index in [-0.39, 0.29) is 10.9 Å². The van der Waals surface area contributed by atoms with E-state index in [1.54, 1.807) is 0 Å². The van der Waals surface area contributed by atoms with Crippen molar-refractivity contribution in [2.24, 2.45) is 0 Å². The quantitative estimate of drug-likeness (QED) is 0.869. The van der Waals surface area contributed by atoms with Gasteiger partial charge in [0.2, 0.25) is 0 Å². The largest absolute Gasteiger partial charge is 0.478 e. The second-order valence-corrected chi connectivity index (χ2v) is 5.15. The molecule has 1 aliphatic carbocycles. The average molecular weight is 295 g/mol. The van der Waals surface area contributed by atoms with Gasteiger partial charge in [-0.2, -0.15) is 13.2 Å². The van der Waals surface area contributed by atoms with Gasteiger partial charge in [0.1, 0.15) is 0 Å². The predicted molar refractivity (Wildman–Crippen MR) is 70.3 cm³/mol. The summed E-state index contributed by atoms with van der Waals surface area (Å²) >= 11 is 0. The fraction of sp³-hybridized carbons (Fsp3) is 0.333. The summed E-state index contributed by atoms with van der Waals surface area (Å²) in [6.07, 6.45) is -1.52. The Morgan fingerprint density at radius 1 is 1.19 bits per heavy atom. The molecule has 0 fully saturated rings. The molecular weight excluding hydrogens is 283 g/mol. The minimum absolute atomic E-state index is 0.0270. The monoisotopic (exact) mass is 295 g/mol. The number of aromatic nitrogens is 1. The van der Waals surface area contributed by atoms with Crippen LogP contribution in [0.5, 0.6) is 0 Å². The molecule has 0 unspecified atom stereocenters. The number of fused-ring (bicyclic) bond motifs is 2. The lowest BCUT2D eigenvalue weighted by Crippen LogP contribution is -2.14. The molecule has 3 rings (SSSR count). The van der Waals surface area contributed by atoms with Gasteiger partial charge in [-0.3, -0.25) is 4.98 Å². The summed E-state index contributed by atoms with van der Waals surface area (Å²) in [6, 6.07) is 3.08. The van der Waals surface area contributed by atoms with E-state index in [2.05, 4.69) is 4.98 Å². The third kappa shape index (κ3) is 2.34. The molecule has 110 valence electrons. The molecule has 0 spiro atoms. The Morgan fingerprint density at radius 2 is 1.90 bits per heavy atom. The van der Waals surface area contributed by atoms with Crippen LogP contribution in [0.2, 0.25) is 0 Å². The first-order chi connectivity index (χ1) is 9.88. The molecule has 1 aromatic heterocycles. The van der Waals surface area contributed by atoms with Gasteiger partial charge >= 0.3 is 12.1 Å². The highest BCUT2D eigenvalue weighted by Gasteiger charge is 2.32. The summed E-state index contributed by atoms with van der Waals surface area (Å²) in [5, 5.41) is 9.49. The number of carboxylic acid groups (broad SMARTS) is 1. The van der Waals surface area contributed by atoms with Crippen LogP contribution in [0.3, 0.4) is 0 Å². The Morgan fingerprint density at radius 3 is 2.57 bits per heavy atom. The Labute approximate surface area is 118 Å². The van der Waals surface area contributed by atoms with Crippen molar-refractivity contribution < 1.29 is 23.1 Å². The zero-order valence-electron chi connectivity index (χ0n) is 11.0. The Kier molecular flexibility index (Phi) is 3.11. The molecule has 0 atom stereocenters. The summed E-state index contributed by atoms with van der Waals surface area (Å²) in [5.41, 5.74) is 0.711. The second kappa shape index (κ2) is 4.72. The minimum Gasteiger partial charge on any atom is -0.478 e. The molecular formula is C15H12F3NO2. The van der Waals surface area contributed by atoms with E-state index in [1.165, 1.54) is 6.07 Å². The Balaban J connectivity index is 2.35. The number of pyridine rings is 1. The number of aryl methyl sites for hydroxylation is 1. The zero-order valence-corrected chi connectivity index (χ0v) is 11.0. The minimum atomic E-state index is -4.50. The van der Waals surface area contributed by atoms with Crippen molar-refractivity contribution in [2.75, 3.05) is 0 Å². The van der Waals surface area contributed by atoms with Crippen molar-refractivity contribution in [3.63, 3.8) is 0 Å². The van der Waals surface area contributed by atoms with E-state index in [9.17, 15) is 23.1 Å².